The number of piperazine rings is 1. The van der Waals surface area contributed by atoms with E-state index in [-0.39, 0.29) is 0 Å². The average molecular weight is 242 g/mol. The maximum absolute atomic E-state index is 3.60. The fraction of sp³-hybridized carbons (Fsp3) is 1.00. The second kappa shape index (κ2) is 5.28. The van der Waals surface area contributed by atoms with Crippen molar-refractivity contribution >= 4 is 11.8 Å². The lowest BCUT2D eigenvalue weighted by atomic mass is 10.0. The maximum atomic E-state index is 3.60. The molecule has 2 heterocycles. The van der Waals surface area contributed by atoms with Crippen LogP contribution in [0, 0.1) is 0 Å². The lowest BCUT2D eigenvalue weighted by molar-refractivity contribution is 0.120. The second-order valence-corrected chi connectivity index (χ2v) is 7.39. The molecule has 3 heteroatoms. The molecule has 2 aliphatic heterocycles. The third-order valence-electron chi connectivity index (χ3n) is 4.04. The van der Waals surface area contributed by atoms with E-state index < -0.39 is 0 Å². The Kier molecular flexibility index (Phi) is 4.20. The number of nitrogens with zero attached hydrogens (tertiary/aromatic N) is 1. The highest BCUT2D eigenvalue weighted by Gasteiger charge is 2.35. The van der Waals surface area contributed by atoms with Gasteiger partial charge in [0.25, 0.3) is 0 Å². The molecule has 2 rings (SSSR count). The zero-order valence-corrected chi connectivity index (χ0v) is 11.8. The van der Waals surface area contributed by atoms with E-state index in [1.54, 1.807) is 0 Å². The molecular formula is C13H26N2S. The minimum Gasteiger partial charge on any atom is -0.311 e. The van der Waals surface area contributed by atoms with Crippen molar-refractivity contribution in [3.8, 4) is 0 Å². The first-order valence-corrected chi connectivity index (χ1v) is 7.73. The van der Waals surface area contributed by atoms with Crippen LogP contribution in [0.2, 0.25) is 0 Å². The summed E-state index contributed by atoms with van der Waals surface area (Å²) >= 11 is 2.19. The molecule has 0 bridgehead atoms. The highest BCUT2D eigenvalue weighted by atomic mass is 32.2. The summed E-state index contributed by atoms with van der Waals surface area (Å²) in [5.41, 5.74) is 0. The van der Waals surface area contributed by atoms with Crippen molar-refractivity contribution in [3.05, 3.63) is 0 Å². The maximum Gasteiger partial charge on any atom is 0.0259 e. The van der Waals surface area contributed by atoms with Gasteiger partial charge in [0.05, 0.1) is 0 Å². The minimum absolute atomic E-state index is 0.532. The number of hydrogen-bond acceptors (Lipinski definition) is 3. The Morgan fingerprint density at radius 3 is 2.94 bits per heavy atom. The Hall–Kier alpha value is 0.270. The van der Waals surface area contributed by atoms with Gasteiger partial charge in [0.15, 0.2) is 0 Å². The standard InChI is InChI=1S/C13H26N2S/c1-4-12-8-14-11(2)9-15(12)10-13(3)6-5-7-16-13/h11-12,14H,4-10H2,1-3H3. The molecule has 0 radical (unpaired) electrons. The van der Waals surface area contributed by atoms with Crippen LogP contribution in [0.3, 0.4) is 0 Å². The van der Waals surface area contributed by atoms with Crippen molar-refractivity contribution in [1.29, 1.82) is 0 Å². The predicted octanol–water partition coefficient (Wildman–Crippen LogP) is 2.34. The van der Waals surface area contributed by atoms with Crippen molar-refractivity contribution < 1.29 is 0 Å². The molecule has 1 N–H and O–H groups in total. The summed E-state index contributed by atoms with van der Waals surface area (Å²) in [5.74, 6) is 1.37. The molecule has 0 amide bonds. The summed E-state index contributed by atoms with van der Waals surface area (Å²) in [4.78, 5) is 2.74. The third-order valence-corrected chi connectivity index (χ3v) is 5.56. The van der Waals surface area contributed by atoms with E-state index in [2.05, 4.69) is 42.7 Å². The summed E-state index contributed by atoms with van der Waals surface area (Å²) in [6.07, 6.45) is 4.10. The van der Waals surface area contributed by atoms with Gasteiger partial charge in [0, 0.05) is 36.5 Å². The largest absolute Gasteiger partial charge is 0.311 e. The van der Waals surface area contributed by atoms with Gasteiger partial charge in [0.2, 0.25) is 0 Å². The van der Waals surface area contributed by atoms with Gasteiger partial charge >= 0.3 is 0 Å². The van der Waals surface area contributed by atoms with Crippen LogP contribution < -0.4 is 5.32 Å². The van der Waals surface area contributed by atoms with Gasteiger partial charge in [-0.15, -0.1) is 0 Å². The molecule has 0 spiro atoms. The van der Waals surface area contributed by atoms with E-state index in [1.165, 1.54) is 44.6 Å². The molecule has 94 valence electrons. The Balaban J connectivity index is 1.94. The van der Waals surface area contributed by atoms with Crippen LogP contribution in [0.4, 0.5) is 0 Å². The zero-order chi connectivity index (χ0) is 11.6. The van der Waals surface area contributed by atoms with E-state index in [0.29, 0.717) is 10.8 Å². The number of nitrogens with one attached hydrogen (secondary N) is 1. The molecule has 16 heavy (non-hydrogen) atoms. The molecule has 0 aromatic carbocycles. The van der Waals surface area contributed by atoms with Gasteiger partial charge in [-0.2, -0.15) is 11.8 Å². The molecule has 2 fully saturated rings. The second-order valence-electron chi connectivity index (χ2n) is 5.70. The Bertz CT molecular complexity index is 226. The zero-order valence-electron chi connectivity index (χ0n) is 11.0. The SMILES string of the molecule is CCC1CNC(C)CN1CC1(C)CCCS1. The molecular weight excluding hydrogens is 216 g/mol. The van der Waals surface area contributed by atoms with E-state index in [1.807, 2.05) is 0 Å². The van der Waals surface area contributed by atoms with Gasteiger partial charge in [-0.1, -0.05) is 6.92 Å². The molecule has 3 atom stereocenters. The normalized spacial score (nSPS) is 41.4. The average Bonchev–Trinajstić information content (AvgIpc) is 2.65. The van der Waals surface area contributed by atoms with E-state index in [0.717, 1.165) is 6.04 Å². The molecule has 2 nitrogen and oxygen atoms in total. The Morgan fingerprint density at radius 1 is 1.50 bits per heavy atom. The number of hydrogen-bond donors (Lipinski definition) is 1. The highest BCUT2D eigenvalue weighted by molar-refractivity contribution is 8.00. The first-order chi connectivity index (χ1) is 7.63. The summed E-state index contributed by atoms with van der Waals surface area (Å²) in [6, 6.07) is 1.42. The highest BCUT2D eigenvalue weighted by Crippen LogP contribution is 2.38. The molecule has 0 saturated carbocycles. The van der Waals surface area contributed by atoms with Crippen molar-refractivity contribution in [1.82, 2.24) is 10.2 Å². The Morgan fingerprint density at radius 2 is 2.31 bits per heavy atom. The molecule has 0 aromatic heterocycles. The van der Waals surface area contributed by atoms with Crippen LogP contribution in [-0.2, 0) is 0 Å². The first-order valence-electron chi connectivity index (χ1n) is 6.74. The molecule has 0 aliphatic carbocycles. The summed E-state index contributed by atoms with van der Waals surface area (Å²) in [6.45, 7) is 10.8. The van der Waals surface area contributed by atoms with Crippen molar-refractivity contribution in [3.63, 3.8) is 0 Å². The van der Waals surface area contributed by atoms with Crippen LogP contribution in [0.25, 0.3) is 0 Å². The summed E-state index contributed by atoms with van der Waals surface area (Å²) in [7, 11) is 0. The molecule has 2 saturated heterocycles. The monoisotopic (exact) mass is 242 g/mol. The fourth-order valence-electron chi connectivity index (χ4n) is 3.02. The predicted molar refractivity (Wildman–Crippen MR) is 73.2 cm³/mol. The van der Waals surface area contributed by atoms with Gasteiger partial charge in [-0.25, -0.2) is 0 Å². The van der Waals surface area contributed by atoms with Gasteiger partial charge < -0.3 is 5.32 Å². The van der Waals surface area contributed by atoms with Crippen molar-refractivity contribution in [2.24, 2.45) is 0 Å². The minimum atomic E-state index is 0.532. The van der Waals surface area contributed by atoms with Crippen molar-refractivity contribution in [2.45, 2.75) is 56.9 Å². The van der Waals surface area contributed by atoms with Crippen LogP contribution >= 0.6 is 11.8 Å². The van der Waals surface area contributed by atoms with E-state index >= 15 is 0 Å². The number of thioether (sulfide) groups is 1. The van der Waals surface area contributed by atoms with Crippen molar-refractivity contribution in [2.75, 3.05) is 25.4 Å². The third kappa shape index (κ3) is 2.93. The molecule has 2 aliphatic rings. The lowest BCUT2D eigenvalue weighted by Gasteiger charge is -2.42. The lowest BCUT2D eigenvalue weighted by Crippen LogP contribution is -2.57. The summed E-state index contributed by atoms with van der Waals surface area (Å²) in [5, 5.41) is 3.60. The van der Waals surface area contributed by atoms with Gasteiger partial charge in [-0.05, 0) is 38.9 Å². The van der Waals surface area contributed by atoms with Gasteiger partial charge in [-0.3, -0.25) is 4.90 Å². The quantitative estimate of drug-likeness (QED) is 0.818. The first kappa shape index (κ1) is 12.7. The number of rotatable bonds is 3. The smallest absolute Gasteiger partial charge is 0.0259 e. The van der Waals surface area contributed by atoms with Gasteiger partial charge in [0.1, 0.15) is 0 Å². The van der Waals surface area contributed by atoms with E-state index in [9.17, 15) is 0 Å². The molecule has 3 unspecified atom stereocenters. The van der Waals surface area contributed by atoms with Crippen LogP contribution in [0.1, 0.15) is 40.0 Å². The fourth-order valence-corrected chi connectivity index (χ4v) is 4.35. The Labute approximate surface area is 105 Å². The topological polar surface area (TPSA) is 15.3 Å². The summed E-state index contributed by atoms with van der Waals surface area (Å²) < 4.78 is 0.532. The van der Waals surface area contributed by atoms with Crippen LogP contribution in [0.15, 0.2) is 0 Å². The van der Waals surface area contributed by atoms with Crippen LogP contribution in [0.5, 0.6) is 0 Å². The van der Waals surface area contributed by atoms with Crippen LogP contribution in [-0.4, -0.2) is 47.1 Å². The molecule has 0 aromatic rings. The van der Waals surface area contributed by atoms with E-state index in [4.69, 9.17) is 0 Å².